The number of phenols is 1. The van der Waals surface area contributed by atoms with Crippen molar-refractivity contribution < 1.29 is 23.1 Å². The Morgan fingerprint density at radius 2 is 1.85 bits per heavy atom. The van der Waals surface area contributed by atoms with Gasteiger partial charge in [-0.25, -0.2) is 13.2 Å². The molecule has 0 aliphatic heterocycles. The van der Waals surface area contributed by atoms with Gasteiger partial charge in [-0.05, 0) is 25.1 Å². The molecule has 20 heavy (non-hydrogen) atoms. The van der Waals surface area contributed by atoms with Crippen molar-refractivity contribution in [3.05, 3.63) is 58.4 Å². The number of hydrogen-bond acceptors (Lipinski definition) is 3. The third-order valence-electron chi connectivity index (χ3n) is 2.92. The largest absolute Gasteiger partial charge is 0.507 e. The highest BCUT2D eigenvalue weighted by Crippen LogP contribution is 2.28. The number of nitrogen functional groups attached to an aromatic ring is 1. The number of phenolic OH excluding ortho intramolecular Hbond substituents is 1. The molecule has 2 aromatic carbocycles. The van der Waals surface area contributed by atoms with Crippen LogP contribution in [0.4, 0.5) is 18.9 Å². The highest BCUT2D eigenvalue weighted by Gasteiger charge is 2.24. The van der Waals surface area contributed by atoms with Crippen LogP contribution in [0.3, 0.4) is 0 Å². The zero-order chi connectivity index (χ0) is 15.0. The van der Waals surface area contributed by atoms with Gasteiger partial charge in [0.1, 0.15) is 11.6 Å². The number of ketones is 1. The predicted molar refractivity (Wildman–Crippen MR) is 67.0 cm³/mol. The zero-order valence-corrected chi connectivity index (χ0v) is 10.4. The molecule has 0 spiro atoms. The summed E-state index contributed by atoms with van der Waals surface area (Å²) < 4.78 is 40.4. The van der Waals surface area contributed by atoms with Gasteiger partial charge in [0.25, 0.3) is 0 Å². The minimum Gasteiger partial charge on any atom is -0.507 e. The number of anilines is 1. The van der Waals surface area contributed by atoms with E-state index in [1.54, 1.807) is 0 Å². The fourth-order valence-corrected chi connectivity index (χ4v) is 1.84. The summed E-state index contributed by atoms with van der Waals surface area (Å²) >= 11 is 0. The lowest BCUT2D eigenvalue weighted by molar-refractivity contribution is 0.103. The molecule has 0 amide bonds. The molecule has 0 saturated heterocycles. The van der Waals surface area contributed by atoms with Crippen LogP contribution in [-0.2, 0) is 0 Å². The first-order valence-corrected chi connectivity index (χ1v) is 5.60. The van der Waals surface area contributed by atoms with Gasteiger partial charge in [0.2, 0.25) is 5.78 Å². The molecule has 2 aromatic rings. The summed E-state index contributed by atoms with van der Waals surface area (Å²) in [6, 6.07) is 4.37. The topological polar surface area (TPSA) is 63.3 Å². The number of benzene rings is 2. The molecule has 0 unspecified atom stereocenters. The predicted octanol–water partition coefficient (Wildman–Crippen LogP) is 2.93. The molecule has 0 radical (unpaired) electrons. The van der Waals surface area contributed by atoms with Crippen molar-refractivity contribution in [2.75, 3.05) is 5.73 Å². The molecule has 6 heteroatoms. The number of carbonyl (C=O) groups is 1. The van der Waals surface area contributed by atoms with Gasteiger partial charge in [0.15, 0.2) is 11.6 Å². The summed E-state index contributed by atoms with van der Waals surface area (Å²) in [4.78, 5) is 12.2. The third-order valence-corrected chi connectivity index (χ3v) is 2.92. The van der Waals surface area contributed by atoms with E-state index in [1.807, 2.05) is 0 Å². The SMILES string of the molecule is Cc1c(F)c(F)cc(C(=O)c2c(N)cccc2O)c1F. The van der Waals surface area contributed by atoms with Gasteiger partial charge in [-0.3, -0.25) is 4.79 Å². The van der Waals surface area contributed by atoms with E-state index < -0.39 is 40.1 Å². The van der Waals surface area contributed by atoms with E-state index >= 15 is 0 Å². The van der Waals surface area contributed by atoms with Crippen molar-refractivity contribution in [3.8, 4) is 5.75 Å². The van der Waals surface area contributed by atoms with Gasteiger partial charge in [0, 0.05) is 11.3 Å². The molecule has 0 bridgehead atoms. The lowest BCUT2D eigenvalue weighted by atomic mass is 9.98. The second-order valence-corrected chi connectivity index (χ2v) is 4.23. The molecule has 0 aliphatic carbocycles. The van der Waals surface area contributed by atoms with Crippen LogP contribution >= 0.6 is 0 Å². The molecule has 0 fully saturated rings. The molecule has 0 aliphatic rings. The van der Waals surface area contributed by atoms with E-state index in [0.717, 1.165) is 6.92 Å². The maximum atomic E-state index is 13.9. The van der Waals surface area contributed by atoms with Crippen molar-refractivity contribution in [3.63, 3.8) is 0 Å². The van der Waals surface area contributed by atoms with Crippen LogP contribution in [0.1, 0.15) is 21.5 Å². The summed E-state index contributed by atoms with van der Waals surface area (Å²) in [7, 11) is 0. The Balaban J connectivity index is 2.66. The number of carbonyl (C=O) groups excluding carboxylic acids is 1. The van der Waals surface area contributed by atoms with Gasteiger partial charge in [-0.2, -0.15) is 0 Å². The van der Waals surface area contributed by atoms with Crippen molar-refractivity contribution in [2.45, 2.75) is 6.92 Å². The summed E-state index contributed by atoms with van der Waals surface area (Å²) in [5.74, 6) is -5.36. The summed E-state index contributed by atoms with van der Waals surface area (Å²) in [6.07, 6.45) is 0. The number of nitrogens with two attached hydrogens (primary N) is 1. The standard InChI is InChI=1S/C14H10F3NO2/c1-6-12(16)7(5-8(15)13(6)17)14(20)11-9(18)3-2-4-10(11)19/h2-5,19H,18H2,1H3. The van der Waals surface area contributed by atoms with Crippen LogP contribution < -0.4 is 5.73 Å². The van der Waals surface area contributed by atoms with Gasteiger partial charge >= 0.3 is 0 Å². The first-order valence-electron chi connectivity index (χ1n) is 5.60. The lowest BCUT2D eigenvalue weighted by Crippen LogP contribution is -2.11. The summed E-state index contributed by atoms with van der Waals surface area (Å²) in [5.41, 5.74) is 3.81. The van der Waals surface area contributed by atoms with Gasteiger partial charge in [-0.15, -0.1) is 0 Å². The van der Waals surface area contributed by atoms with Crippen LogP contribution in [0.15, 0.2) is 24.3 Å². The van der Waals surface area contributed by atoms with Crippen molar-refractivity contribution in [2.24, 2.45) is 0 Å². The van der Waals surface area contributed by atoms with Crippen LogP contribution in [0.2, 0.25) is 0 Å². The van der Waals surface area contributed by atoms with Crippen molar-refractivity contribution >= 4 is 11.5 Å². The first-order chi connectivity index (χ1) is 9.34. The molecule has 0 heterocycles. The number of aromatic hydroxyl groups is 1. The molecular formula is C14H10F3NO2. The van der Waals surface area contributed by atoms with Crippen LogP contribution in [0.25, 0.3) is 0 Å². The molecule has 104 valence electrons. The third kappa shape index (κ3) is 2.09. The van der Waals surface area contributed by atoms with E-state index in [2.05, 4.69) is 0 Å². The van der Waals surface area contributed by atoms with E-state index in [0.29, 0.717) is 6.07 Å². The van der Waals surface area contributed by atoms with Gasteiger partial charge in [-0.1, -0.05) is 6.07 Å². The molecule has 0 atom stereocenters. The maximum Gasteiger partial charge on any atom is 0.201 e. The molecule has 0 saturated carbocycles. The van der Waals surface area contributed by atoms with Gasteiger partial charge < -0.3 is 10.8 Å². The van der Waals surface area contributed by atoms with E-state index in [9.17, 15) is 23.1 Å². The minimum absolute atomic E-state index is 0.0863. The fourth-order valence-electron chi connectivity index (χ4n) is 1.84. The smallest absolute Gasteiger partial charge is 0.201 e. The van der Waals surface area contributed by atoms with E-state index in [4.69, 9.17) is 5.73 Å². The van der Waals surface area contributed by atoms with E-state index in [-0.39, 0.29) is 11.3 Å². The first kappa shape index (κ1) is 13.9. The molecular weight excluding hydrogens is 271 g/mol. The Bertz CT molecular complexity index is 694. The van der Waals surface area contributed by atoms with Crippen LogP contribution in [0, 0.1) is 24.4 Å². The molecule has 3 nitrogen and oxygen atoms in total. The normalized spacial score (nSPS) is 10.6. The Morgan fingerprint density at radius 3 is 2.45 bits per heavy atom. The van der Waals surface area contributed by atoms with E-state index in [1.165, 1.54) is 18.2 Å². The Hall–Kier alpha value is -2.50. The van der Waals surface area contributed by atoms with Crippen molar-refractivity contribution in [1.82, 2.24) is 0 Å². The summed E-state index contributed by atoms with van der Waals surface area (Å²) in [6.45, 7) is 1.01. The second-order valence-electron chi connectivity index (χ2n) is 4.23. The maximum absolute atomic E-state index is 13.9. The van der Waals surface area contributed by atoms with Gasteiger partial charge in [0.05, 0.1) is 11.1 Å². The number of halogens is 3. The molecule has 2 rings (SSSR count). The number of rotatable bonds is 2. The highest BCUT2D eigenvalue weighted by molar-refractivity contribution is 6.14. The Kier molecular flexibility index (Phi) is 3.40. The zero-order valence-electron chi connectivity index (χ0n) is 10.4. The van der Waals surface area contributed by atoms with Crippen LogP contribution in [0.5, 0.6) is 5.75 Å². The fraction of sp³-hybridized carbons (Fsp3) is 0.0714. The molecule has 3 N–H and O–H groups in total. The quantitative estimate of drug-likeness (QED) is 0.505. The molecule has 0 aromatic heterocycles. The lowest BCUT2D eigenvalue weighted by Gasteiger charge is -2.10. The van der Waals surface area contributed by atoms with Crippen molar-refractivity contribution in [1.29, 1.82) is 0 Å². The monoisotopic (exact) mass is 281 g/mol. The number of hydrogen-bond donors (Lipinski definition) is 2. The second kappa shape index (κ2) is 4.88. The van der Waals surface area contributed by atoms with Crippen LogP contribution in [-0.4, -0.2) is 10.9 Å². The average molecular weight is 281 g/mol. The Labute approximate surface area is 112 Å². The Morgan fingerprint density at radius 1 is 1.20 bits per heavy atom. The summed E-state index contributed by atoms with van der Waals surface area (Å²) in [5, 5.41) is 9.62. The minimum atomic E-state index is -1.36. The average Bonchev–Trinajstić information content (AvgIpc) is 2.40. The highest BCUT2D eigenvalue weighted by atomic mass is 19.2.